The maximum atomic E-state index is 12.2. The van der Waals surface area contributed by atoms with Crippen molar-refractivity contribution < 1.29 is 9.53 Å². The summed E-state index contributed by atoms with van der Waals surface area (Å²) in [6.07, 6.45) is 0. The molecule has 26 heavy (non-hydrogen) atoms. The third-order valence-corrected chi connectivity index (χ3v) is 4.75. The van der Waals surface area contributed by atoms with Gasteiger partial charge in [0.1, 0.15) is 5.82 Å². The number of benzene rings is 1. The van der Waals surface area contributed by atoms with Crippen molar-refractivity contribution in [1.29, 1.82) is 0 Å². The van der Waals surface area contributed by atoms with Crippen LogP contribution in [0.3, 0.4) is 0 Å². The first-order chi connectivity index (χ1) is 12.4. The van der Waals surface area contributed by atoms with Crippen molar-refractivity contribution in [1.82, 2.24) is 14.8 Å². The van der Waals surface area contributed by atoms with Crippen LogP contribution in [0.25, 0.3) is 0 Å². The maximum Gasteiger partial charge on any atom is 0.234 e. The van der Waals surface area contributed by atoms with Crippen LogP contribution in [0.1, 0.15) is 25.6 Å². The number of carbonyl (C=O) groups is 1. The van der Waals surface area contributed by atoms with E-state index in [-0.39, 0.29) is 17.6 Å². The fourth-order valence-corrected chi connectivity index (χ4v) is 3.17. The number of ether oxygens (including phenoxy) is 1. The van der Waals surface area contributed by atoms with E-state index in [1.807, 2.05) is 47.8 Å². The van der Waals surface area contributed by atoms with Gasteiger partial charge < -0.3 is 19.5 Å². The summed E-state index contributed by atoms with van der Waals surface area (Å²) in [6, 6.07) is 7.74. The molecule has 8 heteroatoms. The summed E-state index contributed by atoms with van der Waals surface area (Å²) in [4.78, 5) is 14.3. The van der Waals surface area contributed by atoms with E-state index < -0.39 is 0 Å². The average Bonchev–Trinajstić information content (AvgIpc) is 3.01. The largest absolute Gasteiger partial charge is 0.383 e. The van der Waals surface area contributed by atoms with Crippen molar-refractivity contribution in [3.63, 3.8) is 0 Å². The Balaban J connectivity index is 1.96. The van der Waals surface area contributed by atoms with Gasteiger partial charge in [0.2, 0.25) is 5.91 Å². The molecule has 0 spiro atoms. The predicted octanol–water partition coefficient (Wildman–Crippen LogP) is 2.84. The number of rotatable bonds is 9. The van der Waals surface area contributed by atoms with Gasteiger partial charge in [-0.1, -0.05) is 25.6 Å². The van der Waals surface area contributed by atoms with Gasteiger partial charge >= 0.3 is 0 Å². The molecule has 0 aliphatic carbocycles. The maximum absolute atomic E-state index is 12.2. The summed E-state index contributed by atoms with van der Waals surface area (Å²) in [5.74, 6) is 1.38. The summed E-state index contributed by atoms with van der Waals surface area (Å²) < 4.78 is 7.19. The Labute approximate surface area is 159 Å². The smallest absolute Gasteiger partial charge is 0.234 e. The van der Waals surface area contributed by atoms with Gasteiger partial charge in [0, 0.05) is 45.0 Å². The molecule has 0 unspecified atom stereocenters. The van der Waals surface area contributed by atoms with Gasteiger partial charge in [-0.15, -0.1) is 10.2 Å². The fourth-order valence-electron chi connectivity index (χ4n) is 2.40. The van der Waals surface area contributed by atoms with Crippen molar-refractivity contribution in [2.45, 2.75) is 31.5 Å². The molecular weight excluding hydrogens is 350 g/mol. The quantitative estimate of drug-likeness (QED) is 0.678. The number of aromatic nitrogens is 3. The van der Waals surface area contributed by atoms with E-state index in [1.165, 1.54) is 11.8 Å². The summed E-state index contributed by atoms with van der Waals surface area (Å²) in [5, 5.41) is 12.1. The van der Waals surface area contributed by atoms with E-state index in [1.54, 1.807) is 7.11 Å². The molecular formula is C18H27N5O2S. The molecule has 0 saturated carbocycles. The Morgan fingerprint density at radius 3 is 2.54 bits per heavy atom. The zero-order chi connectivity index (χ0) is 19.1. The van der Waals surface area contributed by atoms with Crippen molar-refractivity contribution in [3.05, 3.63) is 30.1 Å². The first-order valence-corrected chi connectivity index (χ1v) is 9.53. The molecule has 0 aliphatic rings. The molecule has 2 rings (SSSR count). The second-order valence-electron chi connectivity index (χ2n) is 6.42. The van der Waals surface area contributed by atoms with Crippen LogP contribution in [0.4, 0.5) is 11.4 Å². The lowest BCUT2D eigenvalue weighted by molar-refractivity contribution is -0.113. The number of hydrogen-bond donors (Lipinski definition) is 1. The zero-order valence-electron chi connectivity index (χ0n) is 16.0. The van der Waals surface area contributed by atoms with Gasteiger partial charge in [-0.2, -0.15) is 0 Å². The number of hydrogen-bond acceptors (Lipinski definition) is 6. The van der Waals surface area contributed by atoms with E-state index >= 15 is 0 Å². The molecule has 0 atom stereocenters. The van der Waals surface area contributed by atoms with E-state index in [9.17, 15) is 4.79 Å². The second kappa shape index (κ2) is 9.59. The highest BCUT2D eigenvalue weighted by molar-refractivity contribution is 7.99. The number of carbonyl (C=O) groups excluding carboxylic acids is 1. The number of thioether (sulfide) groups is 1. The first-order valence-electron chi connectivity index (χ1n) is 8.54. The second-order valence-corrected chi connectivity index (χ2v) is 7.36. The molecule has 0 radical (unpaired) electrons. The molecule has 0 aliphatic heterocycles. The number of nitrogens with one attached hydrogen (secondary N) is 1. The van der Waals surface area contributed by atoms with E-state index in [4.69, 9.17) is 4.74 Å². The Morgan fingerprint density at radius 2 is 1.96 bits per heavy atom. The number of anilines is 2. The third kappa shape index (κ3) is 5.47. The molecule has 7 nitrogen and oxygen atoms in total. The zero-order valence-corrected chi connectivity index (χ0v) is 16.8. The summed E-state index contributed by atoms with van der Waals surface area (Å²) in [6.45, 7) is 5.40. The summed E-state index contributed by atoms with van der Waals surface area (Å²) >= 11 is 1.38. The minimum Gasteiger partial charge on any atom is -0.383 e. The molecule has 2 aromatic rings. The minimum atomic E-state index is -0.0695. The number of amides is 1. The minimum absolute atomic E-state index is 0.0695. The van der Waals surface area contributed by atoms with E-state index in [0.29, 0.717) is 13.2 Å². The van der Waals surface area contributed by atoms with Gasteiger partial charge in [0.05, 0.1) is 12.4 Å². The summed E-state index contributed by atoms with van der Waals surface area (Å²) in [7, 11) is 5.63. The van der Waals surface area contributed by atoms with E-state index in [2.05, 4.69) is 29.4 Å². The lowest BCUT2D eigenvalue weighted by Gasteiger charge is -2.13. The van der Waals surface area contributed by atoms with Crippen LogP contribution in [0.15, 0.2) is 29.4 Å². The van der Waals surface area contributed by atoms with Crippen molar-refractivity contribution in [2.24, 2.45) is 0 Å². The lowest BCUT2D eigenvalue weighted by atomic mass is 10.2. The molecule has 0 bridgehead atoms. The Hall–Kier alpha value is -2.06. The number of methoxy groups -OCH3 is 1. The van der Waals surface area contributed by atoms with Crippen molar-refractivity contribution >= 4 is 29.0 Å². The molecule has 1 N–H and O–H groups in total. The highest BCUT2D eigenvalue weighted by Crippen LogP contribution is 2.22. The van der Waals surface area contributed by atoms with Gasteiger partial charge in [0.25, 0.3) is 0 Å². The molecule has 0 saturated heterocycles. The van der Waals surface area contributed by atoms with Gasteiger partial charge in [0.15, 0.2) is 5.16 Å². The molecule has 1 aromatic carbocycles. The van der Waals surface area contributed by atoms with Crippen LogP contribution in [-0.4, -0.2) is 54.2 Å². The van der Waals surface area contributed by atoms with Crippen LogP contribution in [0, 0.1) is 0 Å². The Kier molecular flexibility index (Phi) is 7.47. The fraction of sp³-hybridized carbons (Fsp3) is 0.500. The molecule has 1 aromatic heterocycles. The van der Waals surface area contributed by atoms with Gasteiger partial charge in [-0.3, -0.25) is 4.79 Å². The lowest BCUT2D eigenvalue weighted by Crippen LogP contribution is -2.16. The van der Waals surface area contributed by atoms with E-state index in [0.717, 1.165) is 22.4 Å². The van der Waals surface area contributed by atoms with Crippen LogP contribution >= 0.6 is 11.8 Å². The normalized spacial score (nSPS) is 11.0. The van der Waals surface area contributed by atoms with Crippen molar-refractivity contribution in [2.75, 3.05) is 43.8 Å². The Morgan fingerprint density at radius 1 is 1.27 bits per heavy atom. The summed E-state index contributed by atoms with van der Waals surface area (Å²) in [5.41, 5.74) is 1.87. The van der Waals surface area contributed by atoms with Gasteiger partial charge in [-0.25, -0.2) is 0 Å². The highest BCUT2D eigenvalue weighted by Gasteiger charge is 2.16. The molecule has 142 valence electrons. The SMILES string of the molecule is COCCn1c(SCC(=O)Nc2ccc(N(C)C)cc2)nnc1C(C)C. The van der Waals surface area contributed by atoms with Gasteiger partial charge in [-0.05, 0) is 24.3 Å². The van der Waals surface area contributed by atoms with Crippen LogP contribution in [0.2, 0.25) is 0 Å². The third-order valence-electron chi connectivity index (χ3n) is 3.78. The molecule has 1 amide bonds. The Bertz CT molecular complexity index is 713. The number of nitrogens with zero attached hydrogens (tertiary/aromatic N) is 4. The topological polar surface area (TPSA) is 72.3 Å². The standard InChI is InChI=1S/C18H27N5O2S/c1-13(2)17-20-21-18(23(17)10-11-25-5)26-12-16(24)19-14-6-8-15(9-7-14)22(3)4/h6-9,13H,10-12H2,1-5H3,(H,19,24). The highest BCUT2D eigenvalue weighted by atomic mass is 32.2. The predicted molar refractivity (Wildman–Crippen MR) is 106 cm³/mol. The first kappa shape index (κ1) is 20.3. The molecule has 0 fully saturated rings. The van der Waals surface area contributed by atoms with Crippen LogP contribution in [0.5, 0.6) is 0 Å². The monoisotopic (exact) mass is 377 g/mol. The van der Waals surface area contributed by atoms with Crippen molar-refractivity contribution in [3.8, 4) is 0 Å². The average molecular weight is 378 g/mol. The molecule has 1 heterocycles. The van der Waals surface area contributed by atoms with Crippen LogP contribution in [-0.2, 0) is 16.1 Å². The van der Waals surface area contributed by atoms with Crippen LogP contribution < -0.4 is 10.2 Å².